The summed E-state index contributed by atoms with van der Waals surface area (Å²) >= 11 is 0. The van der Waals surface area contributed by atoms with Crippen LogP contribution in [-0.2, 0) is 6.18 Å². The molecule has 0 aliphatic heterocycles. The van der Waals surface area contributed by atoms with Gasteiger partial charge in [0.25, 0.3) is 0 Å². The Bertz CT molecular complexity index is 445. The molecule has 0 atom stereocenters. The molecule has 20 heavy (non-hydrogen) atoms. The van der Waals surface area contributed by atoms with E-state index >= 15 is 0 Å². The number of benzene rings is 1. The summed E-state index contributed by atoms with van der Waals surface area (Å²) in [6, 6.07) is 5.01. The summed E-state index contributed by atoms with van der Waals surface area (Å²) in [4.78, 5) is 0. The second-order valence-corrected chi connectivity index (χ2v) is 5.14. The lowest BCUT2D eigenvalue weighted by Crippen LogP contribution is -2.05. The molecule has 0 radical (unpaired) electrons. The van der Waals surface area contributed by atoms with Gasteiger partial charge in [0.1, 0.15) is 5.75 Å². The normalized spacial score (nSPS) is 16.9. The third-order valence-corrected chi connectivity index (χ3v) is 3.52. The molecule has 110 valence electrons. The van der Waals surface area contributed by atoms with E-state index in [1.54, 1.807) is 6.07 Å². The molecule has 4 heteroatoms. The Labute approximate surface area is 117 Å². The van der Waals surface area contributed by atoms with E-state index in [9.17, 15) is 13.2 Å². The number of halogens is 3. The zero-order chi connectivity index (χ0) is 14.4. The van der Waals surface area contributed by atoms with Gasteiger partial charge in [-0.25, -0.2) is 0 Å². The number of allylic oxidation sites excluding steroid dienone is 1. The molecule has 1 aliphatic carbocycles. The Balaban J connectivity index is 1.76. The first-order valence-corrected chi connectivity index (χ1v) is 7.02. The average Bonchev–Trinajstić information content (AvgIpc) is 2.91. The van der Waals surface area contributed by atoms with Crippen LogP contribution in [0.1, 0.15) is 37.7 Å². The van der Waals surface area contributed by atoms with Crippen LogP contribution in [0.3, 0.4) is 0 Å². The van der Waals surface area contributed by atoms with Crippen LogP contribution in [0.2, 0.25) is 0 Å². The van der Waals surface area contributed by atoms with Crippen LogP contribution in [0.5, 0.6) is 5.75 Å². The maximum Gasteiger partial charge on any atom is 0.416 e. The molecule has 0 N–H and O–H groups in total. The third-order valence-electron chi connectivity index (χ3n) is 3.52. The lowest BCUT2D eigenvalue weighted by atomic mass is 10.1. The molecule has 0 heterocycles. The number of alkyl halides is 3. The topological polar surface area (TPSA) is 9.23 Å². The van der Waals surface area contributed by atoms with E-state index in [2.05, 4.69) is 12.2 Å². The highest BCUT2D eigenvalue weighted by atomic mass is 19.4. The van der Waals surface area contributed by atoms with Gasteiger partial charge in [0.05, 0.1) is 12.2 Å². The summed E-state index contributed by atoms with van der Waals surface area (Å²) in [5.41, 5.74) is -0.670. The first kappa shape index (κ1) is 14.9. The van der Waals surface area contributed by atoms with Gasteiger partial charge in [-0.2, -0.15) is 13.2 Å². The van der Waals surface area contributed by atoms with Crippen molar-refractivity contribution in [3.05, 3.63) is 42.0 Å². The van der Waals surface area contributed by atoms with Gasteiger partial charge in [-0.3, -0.25) is 0 Å². The molecule has 0 saturated heterocycles. The molecule has 0 bridgehead atoms. The van der Waals surface area contributed by atoms with Gasteiger partial charge < -0.3 is 4.74 Å². The third kappa shape index (κ3) is 4.58. The van der Waals surface area contributed by atoms with Crippen molar-refractivity contribution in [1.29, 1.82) is 0 Å². The van der Waals surface area contributed by atoms with Crippen molar-refractivity contribution in [1.82, 2.24) is 0 Å². The van der Waals surface area contributed by atoms with E-state index in [0.717, 1.165) is 18.6 Å². The van der Waals surface area contributed by atoms with Gasteiger partial charge >= 0.3 is 6.18 Å². The molecule has 1 fully saturated rings. The lowest BCUT2D eigenvalue weighted by Gasteiger charge is -2.09. The fourth-order valence-electron chi connectivity index (χ4n) is 2.45. The van der Waals surface area contributed by atoms with E-state index in [0.29, 0.717) is 12.5 Å². The SMILES string of the molecule is FC(F)(F)c1cccc(OCC/C=C/C2CCCC2)c1. The molecule has 0 spiro atoms. The monoisotopic (exact) mass is 284 g/mol. The van der Waals surface area contributed by atoms with Crippen LogP contribution < -0.4 is 4.74 Å². The van der Waals surface area contributed by atoms with Gasteiger partial charge in [0.2, 0.25) is 0 Å². The molecule has 1 aromatic rings. The van der Waals surface area contributed by atoms with Crippen LogP contribution in [0, 0.1) is 5.92 Å². The van der Waals surface area contributed by atoms with Gasteiger partial charge in [0, 0.05) is 0 Å². The second kappa shape index (κ2) is 6.82. The zero-order valence-electron chi connectivity index (χ0n) is 11.3. The lowest BCUT2D eigenvalue weighted by molar-refractivity contribution is -0.137. The largest absolute Gasteiger partial charge is 0.493 e. The van der Waals surface area contributed by atoms with E-state index < -0.39 is 11.7 Å². The molecule has 0 amide bonds. The number of rotatable bonds is 5. The number of hydrogen-bond acceptors (Lipinski definition) is 1. The highest BCUT2D eigenvalue weighted by molar-refractivity contribution is 5.30. The Morgan fingerprint density at radius 2 is 1.95 bits per heavy atom. The first-order chi connectivity index (χ1) is 9.55. The average molecular weight is 284 g/mol. The predicted molar refractivity (Wildman–Crippen MR) is 72.7 cm³/mol. The van der Waals surface area contributed by atoms with Crippen molar-refractivity contribution < 1.29 is 17.9 Å². The minimum Gasteiger partial charge on any atom is -0.493 e. The number of hydrogen-bond donors (Lipinski definition) is 0. The highest BCUT2D eigenvalue weighted by Crippen LogP contribution is 2.31. The van der Waals surface area contributed by atoms with E-state index in [-0.39, 0.29) is 5.75 Å². The second-order valence-electron chi connectivity index (χ2n) is 5.14. The molecule has 1 saturated carbocycles. The van der Waals surface area contributed by atoms with Crippen molar-refractivity contribution in [3.63, 3.8) is 0 Å². The van der Waals surface area contributed by atoms with Crippen LogP contribution in [0.4, 0.5) is 13.2 Å². The summed E-state index contributed by atoms with van der Waals surface area (Å²) in [6.07, 6.45) is 5.81. The fourth-order valence-corrected chi connectivity index (χ4v) is 2.45. The fraction of sp³-hybridized carbons (Fsp3) is 0.500. The van der Waals surface area contributed by atoms with E-state index in [4.69, 9.17) is 4.74 Å². The van der Waals surface area contributed by atoms with Crippen molar-refractivity contribution >= 4 is 0 Å². The van der Waals surface area contributed by atoms with Crippen molar-refractivity contribution in [3.8, 4) is 5.75 Å². The van der Waals surface area contributed by atoms with Gasteiger partial charge in [-0.05, 0) is 43.4 Å². The molecular formula is C16H19F3O. The minimum absolute atomic E-state index is 0.272. The maximum absolute atomic E-state index is 12.5. The summed E-state index contributed by atoms with van der Waals surface area (Å²) in [5.74, 6) is 0.956. The Hall–Kier alpha value is -1.45. The quantitative estimate of drug-likeness (QED) is 0.532. The number of ether oxygens (including phenoxy) is 1. The van der Waals surface area contributed by atoms with Gasteiger partial charge in [0.15, 0.2) is 0 Å². The molecule has 1 nitrogen and oxygen atoms in total. The van der Waals surface area contributed by atoms with Crippen LogP contribution >= 0.6 is 0 Å². The van der Waals surface area contributed by atoms with Crippen molar-refractivity contribution in [2.45, 2.75) is 38.3 Å². The molecule has 2 rings (SSSR count). The van der Waals surface area contributed by atoms with E-state index in [1.807, 2.05) is 0 Å². The molecule has 0 aromatic heterocycles. The van der Waals surface area contributed by atoms with Gasteiger partial charge in [-0.1, -0.05) is 31.1 Å². The van der Waals surface area contributed by atoms with Crippen LogP contribution in [0.15, 0.2) is 36.4 Å². The summed E-state index contributed by atoms with van der Waals surface area (Å²) < 4.78 is 42.9. The maximum atomic E-state index is 12.5. The predicted octanol–water partition coefficient (Wildman–Crippen LogP) is 5.22. The standard InChI is InChI=1S/C16H19F3O/c17-16(18,19)14-9-5-10-15(12-14)20-11-4-3-8-13-6-1-2-7-13/h3,5,8-10,12-13H,1-2,4,6-7,11H2/b8-3+. The molecule has 1 aliphatic rings. The first-order valence-electron chi connectivity index (χ1n) is 7.02. The summed E-state index contributed by atoms with van der Waals surface area (Å²) in [6.45, 7) is 0.407. The van der Waals surface area contributed by atoms with Crippen molar-refractivity contribution in [2.75, 3.05) is 6.61 Å². The summed E-state index contributed by atoms with van der Waals surface area (Å²) in [5, 5.41) is 0. The van der Waals surface area contributed by atoms with Crippen LogP contribution in [-0.4, -0.2) is 6.61 Å². The Morgan fingerprint density at radius 3 is 2.65 bits per heavy atom. The molecular weight excluding hydrogens is 265 g/mol. The smallest absolute Gasteiger partial charge is 0.416 e. The van der Waals surface area contributed by atoms with Crippen LogP contribution in [0.25, 0.3) is 0 Å². The van der Waals surface area contributed by atoms with Crippen molar-refractivity contribution in [2.24, 2.45) is 5.92 Å². The minimum atomic E-state index is -4.32. The van der Waals surface area contributed by atoms with Gasteiger partial charge in [-0.15, -0.1) is 0 Å². The molecule has 1 aromatic carbocycles. The molecule has 0 unspecified atom stereocenters. The summed E-state index contributed by atoms with van der Waals surface area (Å²) in [7, 11) is 0. The Morgan fingerprint density at radius 1 is 1.20 bits per heavy atom. The highest BCUT2D eigenvalue weighted by Gasteiger charge is 2.30. The zero-order valence-corrected chi connectivity index (χ0v) is 11.3. The van der Waals surface area contributed by atoms with E-state index in [1.165, 1.54) is 31.7 Å². The Kier molecular flexibility index (Phi) is 5.10.